The lowest BCUT2D eigenvalue weighted by atomic mass is 9.80. The van der Waals surface area contributed by atoms with E-state index in [2.05, 4.69) is 0 Å². The van der Waals surface area contributed by atoms with Crippen molar-refractivity contribution in [2.75, 3.05) is 0 Å². The number of fused-ring (bicyclic) bond motifs is 2. The molecule has 0 saturated heterocycles. The van der Waals surface area contributed by atoms with Crippen molar-refractivity contribution in [1.29, 1.82) is 0 Å². The van der Waals surface area contributed by atoms with Gasteiger partial charge in [-0.3, -0.25) is 9.59 Å². The standard InChI is InChI=1S/C22H14O4/c23-14-10-8-13(9-11-14)20(25)12-18-15-4-1-2-5-17(15)22(26)21-16(18)6-3-7-19(21)24/h1-12,23-24H. The predicted molar refractivity (Wildman–Crippen MR) is 97.5 cm³/mol. The summed E-state index contributed by atoms with van der Waals surface area (Å²) in [5, 5.41) is 19.6. The average molecular weight is 342 g/mol. The Balaban J connectivity index is 1.93. The predicted octanol–water partition coefficient (Wildman–Crippen LogP) is 3.96. The van der Waals surface area contributed by atoms with Crippen LogP contribution in [0.3, 0.4) is 0 Å². The lowest BCUT2D eigenvalue weighted by Crippen LogP contribution is -2.15. The second-order valence-electron chi connectivity index (χ2n) is 6.04. The average Bonchev–Trinajstić information content (AvgIpc) is 2.65. The first kappa shape index (κ1) is 15.8. The number of carbonyl (C=O) groups excluding carboxylic acids is 2. The fourth-order valence-corrected chi connectivity index (χ4v) is 3.19. The highest BCUT2D eigenvalue weighted by Gasteiger charge is 2.29. The molecule has 0 amide bonds. The summed E-state index contributed by atoms with van der Waals surface area (Å²) in [5.41, 5.74) is 2.85. The van der Waals surface area contributed by atoms with Crippen molar-refractivity contribution in [2.24, 2.45) is 0 Å². The van der Waals surface area contributed by atoms with Gasteiger partial charge in [0.2, 0.25) is 0 Å². The Bertz CT molecular complexity index is 1080. The molecule has 1 aliphatic rings. The molecule has 2 N–H and O–H groups in total. The monoisotopic (exact) mass is 342 g/mol. The van der Waals surface area contributed by atoms with E-state index in [1.54, 1.807) is 36.4 Å². The molecule has 0 radical (unpaired) electrons. The second-order valence-corrected chi connectivity index (χ2v) is 6.04. The minimum atomic E-state index is -0.261. The van der Waals surface area contributed by atoms with E-state index in [1.807, 2.05) is 0 Å². The van der Waals surface area contributed by atoms with E-state index in [0.29, 0.717) is 27.8 Å². The smallest absolute Gasteiger partial charge is 0.197 e. The molecule has 4 nitrogen and oxygen atoms in total. The Hall–Kier alpha value is -3.66. The summed E-state index contributed by atoms with van der Waals surface area (Å²) < 4.78 is 0. The molecule has 0 atom stereocenters. The van der Waals surface area contributed by atoms with Gasteiger partial charge in [-0.2, -0.15) is 0 Å². The van der Waals surface area contributed by atoms with E-state index in [1.165, 1.54) is 36.4 Å². The third kappa shape index (κ3) is 2.48. The van der Waals surface area contributed by atoms with Gasteiger partial charge in [0.15, 0.2) is 11.6 Å². The summed E-state index contributed by atoms with van der Waals surface area (Å²) in [6, 6.07) is 17.8. The number of carbonyl (C=O) groups is 2. The molecule has 4 heteroatoms. The molecule has 0 spiro atoms. The maximum Gasteiger partial charge on any atom is 0.197 e. The molecule has 0 saturated carbocycles. The molecular formula is C22H14O4. The summed E-state index contributed by atoms with van der Waals surface area (Å²) in [4.78, 5) is 25.5. The first-order valence-electron chi connectivity index (χ1n) is 8.08. The number of hydrogen-bond donors (Lipinski definition) is 2. The fourth-order valence-electron chi connectivity index (χ4n) is 3.19. The quantitative estimate of drug-likeness (QED) is 0.427. The molecule has 0 fully saturated rings. The molecule has 3 aromatic rings. The number of allylic oxidation sites excluding steroid dienone is 1. The molecule has 26 heavy (non-hydrogen) atoms. The number of aromatic hydroxyl groups is 2. The van der Waals surface area contributed by atoms with E-state index >= 15 is 0 Å². The Labute approximate surface area is 149 Å². The summed E-state index contributed by atoms with van der Waals surface area (Å²) in [5.74, 6) is -0.538. The van der Waals surface area contributed by atoms with E-state index in [-0.39, 0.29) is 28.6 Å². The van der Waals surface area contributed by atoms with Crippen LogP contribution in [0.2, 0.25) is 0 Å². The van der Waals surface area contributed by atoms with E-state index in [9.17, 15) is 19.8 Å². The van der Waals surface area contributed by atoms with Crippen LogP contribution >= 0.6 is 0 Å². The van der Waals surface area contributed by atoms with Gasteiger partial charge in [0.05, 0.1) is 5.56 Å². The van der Waals surface area contributed by atoms with Gasteiger partial charge in [-0.25, -0.2) is 0 Å². The summed E-state index contributed by atoms with van der Waals surface area (Å²) >= 11 is 0. The van der Waals surface area contributed by atoms with Crippen molar-refractivity contribution >= 4 is 17.1 Å². The zero-order valence-electron chi connectivity index (χ0n) is 13.6. The maximum atomic E-state index is 12.8. The number of hydrogen-bond acceptors (Lipinski definition) is 4. The Morgan fingerprint density at radius 1 is 0.769 bits per heavy atom. The van der Waals surface area contributed by atoms with Crippen LogP contribution in [-0.2, 0) is 0 Å². The minimum absolute atomic E-state index is 0.0816. The largest absolute Gasteiger partial charge is 0.508 e. The van der Waals surface area contributed by atoms with Crippen LogP contribution < -0.4 is 0 Å². The lowest BCUT2D eigenvalue weighted by molar-refractivity contribution is 0.102. The SMILES string of the molecule is O=C(C=C1c2ccccc2C(=O)c2c(O)cccc21)c1ccc(O)cc1. The highest BCUT2D eigenvalue weighted by atomic mass is 16.3. The Kier molecular flexibility index (Phi) is 3.66. The molecule has 1 aliphatic carbocycles. The molecule has 0 unspecified atom stereocenters. The lowest BCUT2D eigenvalue weighted by Gasteiger charge is -2.22. The second kappa shape index (κ2) is 6.01. The number of phenolic OH excluding ortho intramolecular Hbond substituents is 2. The van der Waals surface area contributed by atoms with Crippen LogP contribution in [-0.4, -0.2) is 21.8 Å². The van der Waals surface area contributed by atoms with E-state index in [4.69, 9.17) is 0 Å². The van der Waals surface area contributed by atoms with Crippen LogP contribution in [0.1, 0.15) is 37.4 Å². The molecule has 0 aliphatic heterocycles. The summed E-state index contributed by atoms with van der Waals surface area (Å²) in [6.45, 7) is 0. The Morgan fingerprint density at radius 3 is 2.15 bits per heavy atom. The zero-order valence-corrected chi connectivity index (χ0v) is 13.6. The first-order chi connectivity index (χ1) is 12.6. The van der Waals surface area contributed by atoms with Crippen molar-refractivity contribution < 1.29 is 19.8 Å². The third-order valence-electron chi connectivity index (χ3n) is 4.45. The summed E-state index contributed by atoms with van der Waals surface area (Å²) in [6.07, 6.45) is 1.47. The maximum absolute atomic E-state index is 12.8. The van der Waals surface area contributed by atoms with Gasteiger partial charge in [-0.05, 0) is 53.1 Å². The molecule has 0 bridgehead atoms. The normalized spacial score (nSPS) is 14.0. The highest BCUT2D eigenvalue weighted by Crippen LogP contribution is 2.39. The van der Waals surface area contributed by atoms with E-state index < -0.39 is 0 Å². The molecule has 4 rings (SSSR count). The number of rotatable bonds is 2. The third-order valence-corrected chi connectivity index (χ3v) is 4.45. The van der Waals surface area contributed by atoms with Crippen LogP contribution in [0.4, 0.5) is 0 Å². The van der Waals surface area contributed by atoms with Crippen LogP contribution in [0.25, 0.3) is 5.57 Å². The van der Waals surface area contributed by atoms with Crippen molar-refractivity contribution in [3.05, 3.63) is 101 Å². The van der Waals surface area contributed by atoms with Crippen LogP contribution in [0.5, 0.6) is 11.5 Å². The Morgan fingerprint density at radius 2 is 1.42 bits per heavy atom. The van der Waals surface area contributed by atoms with Gasteiger partial charge in [-0.1, -0.05) is 36.4 Å². The number of ketones is 2. The molecule has 0 aromatic heterocycles. The van der Waals surface area contributed by atoms with Crippen LogP contribution in [0.15, 0.2) is 72.8 Å². The highest BCUT2D eigenvalue weighted by molar-refractivity contribution is 6.22. The molecule has 0 heterocycles. The number of phenols is 2. The molecule has 126 valence electrons. The molecular weight excluding hydrogens is 328 g/mol. The van der Waals surface area contributed by atoms with Gasteiger partial charge in [-0.15, -0.1) is 0 Å². The summed E-state index contributed by atoms with van der Waals surface area (Å²) in [7, 11) is 0. The first-order valence-corrected chi connectivity index (χ1v) is 8.08. The van der Waals surface area contributed by atoms with Gasteiger partial charge in [0.25, 0.3) is 0 Å². The van der Waals surface area contributed by atoms with Gasteiger partial charge < -0.3 is 10.2 Å². The fraction of sp³-hybridized carbons (Fsp3) is 0. The van der Waals surface area contributed by atoms with E-state index in [0.717, 1.165) is 0 Å². The number of benzene rings is 3. The van der Waals surface area contributed by atoms with Crippen molar-refractivity contribution in [2.45, 2.75) is 0 Å². The zero-order chi connectivity index (χ0) is 18.3. The van der Waals surface area contributed by atoms with Crippen molar-refractivity contribution in [3.8, 4) is 11.5 Å². The van der Waals surface area contributed by atoms with Crippen LogP contribution in [0, 0.1) is 0 Å². The van der Waals surface area contributed by atoms with Crippen molar-refractivity contribution in [1.82, 2.24) is 0 Å². The minimum Gasteiger partial charge on any atom is -0.508 e. The van der Waals surface area contributed by atoms with Gasteiger partial charge in [0, 0.05) is 11.1 Å². The van der Waals surface area contributed by atoms with Crippen molar-refractivity contribution in [3.63, 3.8) is 0 Å². The molecule has 3 aromatic carbocycles. The van der Waals surface area contributed by atoms with Gasteiger partial charge >= 0.3 is 0 Å². The van der Waals surface area contributed by atoms with Gasteiger partial charge in [0.1, 0.15) is 11.5 Å². The topological polar surface area (TPSA) is 74.6 Å².